The van der Waals surface area contributed by atoms with Gasteiger partial charge in [0, 0.05) is 18.7 Å². The molecule has 2 aromatic carbocycles. The molecule has 1 aromatic heterocycles. The van der Waals surface area contributed by atoms with Crippen LogP contribution in [0.4, 0.5) is 0 Å². The van der Waals surface area contributed by atoms with Crippen LogP contribution in [0.2, 0.25) is 0 Å². The Kier molecular flexibility index (Phi) is 4.22. The predicted octanol–water partition coefficient (Wildman–Crippen LogP) is 3.96. The third-order valence-corrected chi connectivity index (χ3v) is 4.68. The second-order valence-corrected chi connectivity index (χ2v) is 6.30. The molecule has 4 rings (SSSR count). The van der Waals surface area contributed by atoms with E-state index in [-0.39, 0.29) is 6.23 Å². The first-order chi connectivity index (χ1) is 11.9. The van der Waals surface area contributed by atoms with Crippen molar-refractivity contribution in [2.45, 2.75) is 32.4 Å². The lowest BCUT2D eigenvalue weighted by atomic mass is 10.2. The molecule has 0 spiro atoms. The predicted molar refractivity (Wildman–Crippen MR) is 96.6 cm³/mol. The van der Waals surface area contributed by atoms with Gasteiger partial charge in [-0.25, -0.2) is 4.98 Å². The van der Waals surface area contributed by atoms with Crippen LogP contribution in [0.5, 0.6) is 0 Å². The van der Waals surface area contributed by atoms with Gasteiger partial charge in [-0.3, -0.25) is 4.90 Å². The molecule has 0 saturated carbocycles. The number of imidazole rings is 1. The number of benzene rings is 2. The van der Waals surface area contributed by atoms with E-state index in [4.69, 9.17) is 9.82 Å². The molecule has 1 saturated heterocycles. The number of rotatable bonds is 5. The second kappa shape index (κ2) is 6.65. The van der Waals surface area contributed by atoms with Crippen LogP contribution in [0, 0.1) is 0 Å². The highest BCUT2D eigenvalue weighted by atomic mass is 16.7. The van der Waals surface area contributed by atoms with Crippen LogP contribution in [0.1, 0.15) is 26.2 Å². The van der Waals surface area contributed by atoms with Crippen molar-refractivity contribution in [2.24, 2.45) is 0 Å². The summed E-state index contributed by atoms with van der Waals surface area (Å²) >= 11 is 0. The maximum absolute atomic E-state index is 6.47. The Labute approximate surface area is 142 Å². The van der Waals surface area contributed by atoms with Crippen molar-refractivity contribution < 1.29 is 4.84 Å². The third-order valence-electron chi connectivity index (χ3n) is 4.68. The first-order valence-corrected chi connectivity index (χ1v) is 8.81. The molecule has 2 heterocycles. The molecule has 1 atom stereocenters. The van der Waals surface area contributed by atoms with Crippen LogP contribution in [-0.4, -0.2) is 33.9 Å². The lowest BCUT2D eigenvalue weighted by Crippen LogP contribution is -2.40. The molecule has 1 aliphatic rings. The molecule has 1 unspecified atom stereocenters. The van der Waals surface area contributed by atoms with E-state index < -0.39 is 0 Å². The molecule has 1 fully saturated rings. The minimum Gasteiger partial charge on any atom is -0.392 e. The summed E-state index contributed by atoms with van der Waals surface area (Å²) in [6.45, 7) is 4.42. The van der Waals surface area contributed by atoms with Crippen molar-refractivity contribution in [3.05, 3.63) is 54.6 Å². The van der Waals surface area contributed by atoms with Gasteiger partial charge in [0.1, 0.15) is 5.52 Å². The zero-order valence-corrected chi connectivity index (χ0v) is 14.1. The number of nitrogens with zero attached hydrogens (tertiary/aromatic N) is 3. The Balaban J connectivity index is 1.77. The van der Waals surface area contributed by atoms with E-state index in [9.17, 15) is 0 Å². The van der Waals surface area contributed by atoms with E-state index in [1.54, 1.807) is 0 Å². The van der Waals surface area contributed by atoms with Crippen LogP contribution < -0.4 is 4.84 Å². The normalized spacial score (nSPS) is 16.5. The molecule has 4 heteroatoms. The first-order valence-electron chi connectivity index (χ1n) is 8.81. The minimum absolute atomic E-state index is 0.0903. The highest BCUT2D eigenvalue weighted by Gasteiger charge is 2.24. The molecule has 124 valence electrons. The van der Waals surface area contributed by atoms with Crippen LogP contribution in [0.3, 0.4) is 0 Å². The van der Waals surface area contributed by atoms with Crippen molar-refractivity contribution in [1.82, 2.24) is 14.6 Å². The fourth-order valence-corrected chi connectivity index (χ4v) is 3.43. The third kappa shape index (κ3) is 2.78. The van der Waals surface area contributed by atoms with Gasteiger partial charge in [0.05, 0.1) is 5.52 Å². The number of aromatic nitrogens is 2. The van der Waals surface area contributed by atoms with E-state index >= 15 is 0 Å². The Morgan fingerprint density at radius 1 is 1.00 bits per heavy atom. The maximum Gasteiger partial charge on any atom is 0.178 e. The van der Waals surface area contributed by atoms with E-state index in [0.29, 0.717) is 0 Å². The highest BCUT2D eigenvalue weighted by molar-refractivity contribution is 5.80. The van der Waals surface area contributed by atoms with Gasteiger partial charge in [-0.05, 0) is 31.4 Å². The summed E-state index contributed by atoms with van der Waals surface area (Å²) in [4.78, 5) is 13.7. The van der Waals surface area contributed by atoms with Gasteiger partial charge >= 0.3 is 0 Å². The zero-order chi connectivity index (χ0) is 16.4. The first kappa shape index (κ1) is 15.2. The number of hydrogen-bond acceptors (Lipinski definition) is 3. The van der Waals surface area contributed by atoms with E-state index in [1.165, 1.54) is 12.8 Å². The van der Waals surface area contributed by atoms with Crippen LogP contribution in [-0.2, 0) is 0 Å². The van der Waals surface area contributed by atoms with Gasteiger partial charge in [-0.1, -0.05) is 49.4 Å². The Morgan fingerprint density at radius 3 is 2.46 bits per heavy atom. The number of para-hydroxylation sites is 2. The van der Waals surface area contributed by atoms with Gasteiger partial charge in [0.2, 0.25) is 0 Å². The molecule has 4 nitrogen and oxygen atoms in total. The van der Waals surface area contributed by atoms with Gasteiger partial charge in [-0.15, -0.1) is 0 Å². The number of fused-ring (bicyclic) bond motifs is 1. The molecule has 0 radical (unpaired) electrons. The lowest BCUT2D eigenvalue weighted by Gasteiger charge is -2.27. The van der Waals surface area contributed by atoms with E-state index in [2.05, 4.69) is 30.0 Å². The lowest BCUT2D eigenvalue weighted by molar-refractivity contribution is -0.0520. The van der Waals surface area contributed by atoms with Gasteiger partial charge in [-0.2, -0.15) is 4.73 Å². The van der Waals surface area contributed by atoms with Gasteiger partial charge in [0.25, 0.3) is 0 Å². The second-order valence-electron chi connectivity index (χ2n) is 6.30. The zero-order valence-electron chi connectivity index (χ0n) is 14.1. The molecule has 3 aromatic rings. The SMILES string of the molecule is CCC(On1c(-c2ccccc2)nc2ccccc21)N1CCCC1. The Morgan fingerprint density at radius 2 is 1.71 bits per heavy atom. The summed E-state index contributed by atoms with van der Waals surface area (Å²) in [5, 5.41) is 0. The minimum atomic E-state index is 0.0903. The van der Waals surface area contributed by atoms with Crippen molar-refractivity contribution in [3.63, 3.8) is 0 Å². The topological polar surface area (TPSA) is 30.3 Å². The summed E-state index contributed by atoms with van der Waals surface area (Å²) in [6, 6.07) is 18.4. The molecule has 0 N–H and O–H groups in total. The Hall–Kier alpha value is -2.33. The standard InChI is InChI=1S/C20H23N3O/c1-2-19(22-14-8-9-15-22)24-23-18-13-7-6-12-17(18)21-20(23)16-10-4-3-5-11-16/h3-7,10-13,19H,2,8-9,14-15H2,1H3. The summed E-state index contributed by atoms with van der Waals surface area (Å²) in [6.07, 6.45) is 3.57. The molecule has 0 aliphatic carbocycles. The van der Waals surface area contributed by atoms with Crippen LogP contribution >= 0.6 is 0 Å². The number of hydrogen-bond donors (Lipinski definition) is 0. The van der Waals surface area contributed by atoms with Crippen LogP contribution in [0.25, 0.3) is 22.4 Å². The average Bonchev–Trinajstić information content (AvgIpc) is 3.28. The van der Waals surface area contributed by atoms with Gasteiger partial charge in [0.15, 0.2) is 12.1 Å². The molecule has 0 bridgehead atoms. The Bertz CT molecular complexity index is 806. The fourth-order valence-electron chi connectivity index (χ4n) is 3.43. The maximum atomic E-state index is 6.47. The largest absolute Gasteiger partial charge is 0.392 e. The molecular formula is C20H23N3O. The van der Waals surface area contributed by atoms with E-state index in [0.717, 1.165) is 41.9 Å². The summed E-state index contributed by atoms with van der Waals surface area (Å²) < 4.78 is 1.93. The van der Waals surface area contributed by atoms with Crippen LogP contribution in [0.15, 0.2) is 54.6 Å². The summed E-state index contributed by atoms with van der Waals surface area (Å²) in [5.74, 6) is 0.870. The van der Waals surface area contributed by atoms with Crippen molar-refractivity contribution in [3.8, 4) is 11.4 Å². The van der Waals surface area contributed by atoms with Crippen molar-refractivity contribution in [1.29, 1.82) is 0 Å². The average molecular weight is 321 g/mol. The van der Waals surface area contributed by atoms with Crippen molar-refractivity contribution >= 4 is 11.0 Å². The van der Waals surface area contributed by atoms with E-state index in [1.807, 2.05) is 41.1 Å². The quantitative estimate of drug-likeness (QED) is 0.712. The summed E-state index contributed by atoms with van der Waals surface area (Å²) in [5.41, 5.74) is 3.06. The smallest absolute Gasteiger partial charge is 0.178 e. The molecular weight excluding hydrogens is 298 g/mol. The molecule has 0 amide bonds. The fraction of sp³-hybridized carbons (Fsp3) is 0.350. The van der Waals surface area contributed by atoms with Gasteiger partial charge < -0.3 is 4.84 Å². The monoisotopic (exact) mass is 321 g/mol. The molecule has 24 heavy (non-hydrogen) atoms. The van der Waals surface area contributed by atoms with Crippen molar-refractivity contribution in [2.75, 3.05) is 13.1 Å². The molecule has 1 aliphatic heterocycles. The summed E-state index contributed by atoms with van der Waals surface area (Å²) in [7, 11) is 0. The number of likely N-dealkylation sites (tertiary alicyclic amines) is 1. The highest BCUT2D eigenvalue weighted by Crippen LogP contribution is 2.25.